The Labute approximate surface area is 132 Å². The van der Waals surface area contributed by atoms with Crippen LogP contribution in [0.25, 0.3) is 0 Å². The number of nitrogen functional groups attached to an aromatic ring is 1. The summed E-state index contributed by atoms with van der Waals surface area (Å²) < 4.78 is 5.55. The second kappa shape index (κ2) is 6.93. The zero-order valence-corrected chi connectivity index (χ0v) is 13.6. The highest BCUT2D eigenvalue weighted by Crippen LogP contribution is 2.25. The van der Waals surface area contributed by atoms with Crippen LogP contribution in [0.3, 0.4) is 0 Å². The molecule has 1 aliphatic heterocycles. The number of carbonyl (C=O) groups is 2. The first kappa shape index (κ1) is 15.8. The van der Waals surface area contributed by atoms with Crippen molar-refractivity contribution < 1.29 is 14.3 Å². The molecule has 1 amide bonds. The summed E-state index contributed by atoms with van der Waals surface area (Å²) >= 11 is 3.33. The van der Waals surface area contributed by atoms with E-state index in [0.29, 0.717) is 17.8 Å². The van der Waals surface area contributed by atoms with Crippen LogP contribution in [0.5, 0.6) is 0 Å². The molecule has 0 radical (unpaired) electrons. The number of rotatable bonds is 3. The van der Waals surface area contributed by atoms with Gasteiger partial charge in [-0.15, -0.1) is 0 Å². The molecule has 1 fully saturated rings. The van der Waals surface area contributed by atoms with Crippen molar-refractivity contribution in [1.29, 1.82) is 0 Å². The Morgan fingerprint density at radius 1 is 1.43 bits per heavy atom. The van der Waals surface area contributed by atoms with Gasteiger partial charge in [0.15, 0.2) is 0 Å². The maximum Gasteiger partial charge on any atom is 0.307 e. The zero-order valence-electron chi connectivity index (χ0n) is 12.0. The summed E-state index contributed by atoms with van der Waals surface area (Å²) in [6, 6.07) is 5.11. The normalized spacial score (nSPS) is 18.4. The van der Waals surface area contributed by atoms with Gasteiger partial charge in [-0.25, -0.2) is 0 Å². The van der Waals surface area contributed by atoms with Gasteiger partial charge in [-0.1, -0.05) is 15.9 Å². The topological polar surface area (TPSA) is 72.6 Å². The van der Waals surface area contributed by atoms with Crippen LogP contribution in [-0.2, 0) is 9.53 Å². The van der Waals surface area contributed by atoms with Gasteiger partial charge < -0.3 is 15.4 Å². The Kier molecular flexibility index (Phi) is 5.22. The SMILES string of the molecule is COC(=O)CC1CCCCN1C(=O)c1ccc(Br)cc1N. The summed E-state index contributed by atoms with van der Waals surface area (Å²) in [6.07, 6.45) is 3.01. The van der Waals surface area contributed by atoms with E-state index in [9.17, 15) is 9.59 Å². The highest BCUT2D eigenvalue weighted by atomic mass is 79.9. The first-order chi connectivity index (χ1) is 10.0. The van der Waals surface area contributed by atoms with Crippen molar-refractivity contribution in [1.82, 2.24) is 4.90 Å². The van der Waals surface area contributed by atoms with Gasteiger partial charge >= 0.3 is 5.97 Å². The molecule has 1 heterocycles. The van der Waals surface area contributed by atoms with Crippen LogP contribution >= 0.6 is 15.9 Å². The minimum Gasteiger partial charge on any atom is -0.469 e. The van der Waals surface area contributed by atoms with Gasteiger partial charge in [0.1, 0.15) is 0 Å². The number of piperidine rings is 1. The largest absolute Gasteiger partial charge is 0.469 e. The quantitative estimate of drug-likeness (QED) is 0.668. The minimum atomic E-state index is -0.288. The fourth-order valence-corrected chi connectivity index (χ4v) is 3.02. The molecule has 5 nitrogen and oxygen atoms in total. The van der Waals surface area contributed by atoms with Crippen molar-refractivity contribution in [2.24, 2.45) is 0 Å². The van der Waals surface area contributed by atoms with Crippen LogP contribution in [-0.4, -0.2) is 36.5 Å². The number of methoxy groups -OCH3 is 1. The third-order valence-corrected chi connectivity index (χ3v) is 4.26. The summed E-state index contributed by atoms with van der Waals surface area (Å²) in [5.74, 6) is -0.405. The molecular formula is C15H19BrN2O3. The Bertz CT molecular complexity index is 548. The molecule has 1 unspecified atom stereocenters. The van der Waals surface area contributed by atoms with Crippen LogP contribution in [0.15, 0.2) is 22.7 Å². The van der Waals surface area contributed by atoms with Gasteiger partial charge in [0, 0.05) is 22.7 Å². The Morgan fingerprint density at radius 2 is 2.19 bits per heavy atom. The number of amides is 1. The van der Waals surface area contributed by atoms with E-state index in [2.05, 4.69) is 15.9 Å². The van der Waals surface area contributed by atoms with Crippen molar-refractivity contribution in [3.05, 3.63) is 28.2 Å². The Hall–Kier alpha value is -1.56. The first-order valence-corrected chi connectivity index (χ1v) is 7.75. The highest BCUT2D eigenvalue weighted by molar-refractivity contribution is 9.10. The molecule has 21 heavy (non-hydrogen) atoms. The predicted molar refractivity (Wildman–Crippen MR) is 83.9 cm³/mol. The van der Waals surface area contributed by atoms with Crippen molar-refractivity contribution in [2.75, 3.05) is 19.4 Å². The number of anilines is 1. The lowest BCUT2D eigenvalue weighted by atomic mass is 9.98. The van der Waals surface area contributed by atoms with E-state index in [1.165, 1.54) is 7.11 Å². The molecule has 0 spiro atoms. The molecular weight excluding hydrogens is 336 g/mol. The molecule has 2 rings (SSSR count). The van der Waals surface area contributed by atoms with Gasteiger partial charge in [-0.2, -0.15) is 0 Å². The van der Waals surface area contributed by atoms with Crippen molar-refractivity contribution in [3.63, 3.8) is 0 Å². The minimum absolute atomic E-state index is 0.109. The van der Waals surface area contributed by atoms with E-state index >= 15 is 0 Å². The van der Waals surface area contributed by atoms with Gasteiger partial charge in [0.05, 0.1) is 19.1 Å². The first-order valence-electron chi connectivity index (χ1n) is 6.95. The highest BCUT2D eigenvalue weighted by Gasteiger charge is 2.30. The molecule has 0 bridgehead atoms. The summed E-state index contributed by atoms with van der Waals surface area (Å²) in [6.45, 7) is 0.649. The molecule has 1 aliphatic rings. The van der Waals surface area contributed by atoms with Crippen molar-refractivity contribution >= 4 is 33.5 Å². The van der Waals surface area contributed by atoms with Crippen LogP contribution in [0.2, 0.25) is 0 Å². The van der Waals surface area contributed by atoms with Crippen molar-refractivity contribution in [3.8, 4) is 0 Å². The van der Waals surface area contributed by atoms with E-state index in [1.54, 1.807) is 23.1 Å². The number of esters is 1. The number of hydrogen-bond donors (Lipinski definition) is 1. The Morgan fingerprint density at radius 3 is 2.86 bits per heavy atom. The fraction of sp³-hybridized carbons (Fsp3) is 0.467. The van der Waals surface area contributed by atoms with E-state index in [0.717, 1.165) is 23.7 Å². The summed E-state index contributed by atoms with van der Waals surface area (Å²) in [5, 5.41) is 0. The second-order valence-electron chi connectivity index (χ2n) is 5.16. The molecule has 114 valence electrons. The fourth-order valence-electron chi connectivity index (χ4n) is 2.64. The molecule has 1 saturated heterocycles. The number of nitrogens with two attached hydrogens (primary N) is 1. The van der Waals surface area contributed by atoms with Crippen LogP contribution in [0.1, 0.15) is 36.0 Å². The van der Waals surface area contributed by atoms with Crippen molar-refractivity contribution in [2.45, 2.75) is 31.7 Å². The molecule has 0 aliphatic carbocycles. The molecule has 0 aromatic heterocycles. The summed E-state index contributed by atoms with van der Waals surface area (Å²) in [5.41, 5.74) is 6.86. The average molecular weight is 355 g/mol. The predicted octanol–water partition coefficient (Wildman–Crippen LogP) is 2.59. The van der Waals surface area contributed by atoms with E-state index < -0.39 is 0 Å². The summed E-state index contributed by atoms with van der Waals surface area (Å²) in [7, 11) is 1.37. The molecule has 0 saturated carbocycles. The molecule has 2 N–H and O–H groups in total. The van der Waals surface area contributed by atoms with Crippen LogP contribution < -0.4 is 5.73 Å². The summed E-state index contributed by atoms with van der Waals surface area (Å²) in [4.78, 5) is 25.9. The lowest BCUT2D eigenvalue weighted by Gasteiger charge is -2.35. The van der Waals surface area contributed by atoms with E-state index in [4.69, 9.17) is 10.5 Å². The van der Waals surface area contributed by atoms with E-state index in [1.807, 2.05) is 0 Å². The number of ether oxygens (including phenoxy) is 1. The monoisotopic (exact) mass is 354 g/mol. The lowest BCUT2D eigenvalue weighted by Crippen LogP contribution is -2.45. The number of hydrogen-bond acceptors (Lipinski definition) is 4. The number of carbonyl (C=O) groups excluding carboxylic acids is 2. The van der Waals surface area contributed by atoms with Gasteiger partial charge in [-0.3, -0.25) is 9.59 Å². The number of benzene rings is 1. The molecule has 1 atom stereocenters. The number of likely N-dealkylation sites (tertiary alicyclic amines) is 1. The van der Waals surface area contributed by atoms with Gasteiger partial charge in [-0.05, 0) is 37.5 Å². The maximum absolute atomic E-state index is 12.7. The third kappa shape index (κ3) is 3.75. The molecule has 6 heteroatoms. The Balaban J connectivity index is 2.20. The second-order valence-corrected chi connectivity index (χ2v) is 6.08. The lowest BCUT2D eigenvalue weighted by molar-refractivity contribution is -0.142. The number of nitrogens with zero attached hydrogens (tertiary/aromatic N) is 1. The standard InChI is InChI=1S/C15H19BrN2O3/c1-21-14(19)9-11-4-2-3-7-18(11)15(20)12-6-5-10(16)8-13(12)17/h5-6,8,11H,2-4,7,9,17H2,1H3. The molecule has 1 aromatic carbocycles. The van der Waals surface area contributed by atoms with E-state index in [-0.39, 0.29) is 24.3 Å². The van der Waals surface area contributed by atoms with Gasteiger partial charge in [0.25, 0.3) is 5.91 Å². The third-order valence-electron chi connectivity index (χ3n) is 3.76. The smallest absolute Gasteiger partial charge is 0.307 e. The maximum atomic E-state index is 12.7. The zero-order chi connectivity index (χ0) is 15.4. The molecule has 1 aromatic rings. The van der Waals surface area contributed by atoms with Crippen LogP contribution in [0.4, 0.5) is 5.69 Å². The van der Waals surface area contributed by atoms with Gasteiger partial charge in [0.2, 0.25) is 0 Å². The average Bonchev–Trinajstić information content (AvgIpc) is 2.47. The van der Waals surface area contributed by atoms with Crippen LogP contribution in [0, 0.1) is 0 Å². The number of halogens is 1.